The molecule has 6 heteroatoms. The summed E-state index contributed by atoms with van der Waals surface area (Å²) in [5, 5.41) is 11.1. The molecule has 1 fully saturated rings. The van der Waals surface area contributed by atoms with Crippen LogP contribution in [0.3, 0.4) is 0 Å². The first-order chi connectivity index (χ1) is 9.08. The molecule has 0 spiro atoms. The maximum absolute atomic E-state index is 12.2. The van der Waals surface area contributed by atoms with Gasteiger partial charge in [-0.15, -0.1) is 0 Å². The third-order valence-corrected chi connectivity index (χ3v) is 3.69. The van der Waals surface area contributed by atoms with Crippen LogP contribution in [0.4, 0.5) is 4.79 Å². The van der Waals surface area contributed by atoms with E-state index in [4.69, 9.17) is 5.11 Å². The number of carboxylic acid groups (broad SMARTS) is 1. The van der Waals surface area contributed by atoms with Gasteiger partial charge in [0.25, 0.3) is 0 Å². The number of carbonyl (C=O) groups is 3. The molecule has 2 amide bonds. The average molecular weight is 256 g/mol. The lowest BCUT2D eigenvalue weighted by Crippen LogP contribution is -2.26. The molecular formula is C13H8N2O4. The van der Waals surface area contributed by atoms with E-state index in [2.05, 4.69) is 5.32 Å². The molecule has 1 saturated heterocycles. The van der Waals surface area contributed by atoms with Crippen LogP contribution in [0.15, 0.2) is 46.5 Å². The second-order valence-corrected chi connectivity index (χ2v) is 4.75. The summed E-state index contributed by atoms with van der Waals surface area (Å²) in [5.41, 5.74) is 3.00. The van der Waals surface area contributed by atoms with Gasteiger partial charge in [0.1, 0.15) is 0 Å². The summed E-state index contributed by atoms with van der Waals surface area (Å²) in [7, 11) is 0. The van der Waals surface area contributed by atoms with Gasteiger partial charge in [0.2, 0.25) is 5.91 Å². The molecule has 0 bridgehead atoms. The fraction of sp³-hybridized carbons (Fsp3) is 0.154. The van der Waals surface area contributed by atoms with Crippen LogP contribution in [0.25, 0.3) is 0 Å². The number of hydrogen-bond acceptors (Lipinski definition) is 3. The molecule has 0 radical (unpaired) electrons. The minimum Gasteiger partial charge on any atom is -0.465 e. The van der Waals surface area contributed by atoms with Crippen molar-refractivity contribution < 1.29 is 19.5 Å². The van der Waals surface area contributed by atoms with Crippen LogP contribution >= 0.6 is 0 Å². The number of Topliss-reactive ketones (excluding diaryl/α,β-unsaturated/α-hetero) is 1. The molecular weight excluding hydrogens is 248 g/mol. The molecule has 94 valence electrons. The zero-order valence-electron chi connectivity index (χ0n) is 9.64. The van der Waals surface area contributed by atoms with Crippen molar-refractivity contribution in [2.24, 2.45) is 5.92 Å². The van der Waals surface area contributed by atoms with E-state index in [1.54, 1.807) is 18.2 Å². The highest BCUT2D eigenvalue weighted by atomic mass is 16.4. The third kappa shape index (κ3) is 1.17. The largest absolute Gasteiger partial charge is 0.465 e. The summed E-state index contributed by atoms with van der Waals surface area (Å²) >= 11 is 0. The van der Waals surface area contributed by atoms with E-state index >= 15 is 0 Å². The van der Waals surface area contributed by atoms with Crippen molar-refractivity contribution in [3.05, 3.63) is 46.5 Å². The van der Waals surface area contributed by atoms with Crippen LogP contribution in [0, 0.1) is 5.92 Å². The van der Waals surface area contributed by atoms with Crippen LogP contribution in [-0.2, 0) is 9.59 Å². The standard InChI is InChI=1S/C13H8N2O4/c16-10-2-1-8-12(17)11-6-3-5(6)7(14-13(18)19)4-9(11)15(8)10/h1,3-4,11,14H,2H2,(H,18,19). The Balaban J connectivity index is 1.82. The van der Waals surface area contributed by atoms with Gasteiger partial charge in [-0.25, -0.2) is 4.79 Å². The number of rotatable bonds is 1. The van der Waals surface area contributed by atoms with Crippen LogP contribution in [0.5, 0.6) is 0 Å². The Morgan fingerprint density at radius 2 is 2.16 bits per heavy atom. The van der Waals surface area contributed by atoms with Crippen molar-refractivity contribution in [3.63, 3.8) is 0 Å². The molecule has 2 heterocycles. The van der Waals surface area contributed by atoms with E-state index in [0.717, 1.165) is 11.1 Å². The Morgan fingerprint density at radius 1 is 1.37 bits per heavy atom. The van der Waals surface area contributed by atoms with E-state index in [9.17, 15) is 14.4 Å². The highest BCUT2D eigenvalue weighted by molar-refractivity contribution is 6.12. The Kier molecular flexibility index (Phi) is 1.64. The highest BCUT2D eigenvalue weighted by Crippen LogP contribution is 2.51. The number of amides is 2. The molecule has 2 aliphatic heterocycles. The zero-order valence-corrected chi connectivity index (χ0v) is 9.64. The fourth-order valence-corrected chi connectivity index (χ4v) is 2.89. The molecule has 6 nitrogen and oxygen atoms in total. The van der Waals surface area contributed by atoms with Gasteiger partial charge in [-0.1, -0.05) is 0 Å². The summed E-state index contributed by atoms with van der Waals surface area (Å²) in [6.45, 7) is 0. The Bertz CT molecular complexity index is 708. The molecule has 0 saturated carbocycles. The van der Waals surface area contributed by atoms with Crippen LogP contribution in [0.2, 0.25) is 0 Å². The second-order valence-electron chi connectivity index (χ2n) is 4.75. The summed E-state index contributed by atoms with van der Waals surface area (Å²) in [4.78, 5) is 36.2. The first kappa shape index (κ1) is 10.3. The number of ketones is 1. The van der Waals surface area contributed by atoms with E-state index in [-0.39, 0.29) is 18.1 Å². The Hall–Kier alpha value is -2.63. The lowest BCUT2D eigenvalue weighted by Gasteiger charge is -2.19. The lowest BCUT2D eigenvalue weighted by molar-refractivity contribution is -0.126. The van der Waals surface area contributed by atoms with Gasteiger partial charge in [-0.05, 0) is 23.8 Å². The number of allylic oxidation sites excluding steroid dienone is 5. The van der Waals surface area contributed by atoms with E-state index in [0.29, 0.717) is 17.1 Å². The summed E-state index contributed by atoms with van der Waals surface area (Å²) < 4.78 is 0. The lowest BCUT2D eigenvalue weighted by atomic mass is 9.93. The van der Waals surface area contributed by atoms with Crippen molar-refractivity contribution in [1.82, 2.24) is 10.2 Å². The summed E-state index contributed by atoms with van der Waals surface area (Å²) in [6, 6.07) is 0. The van der Waals surface area contributed by atoms with Crippen LogP contribution in [-0.4, -0.2) is 27.8 Å². The quantitative estimate of drug-likeness (QED) is 0.721. The highest BCUT2D eigenvalue weighted by Gasteiger charge is 2.51. The SMILES string of the molecule is O=C(O)NC1=C2C=C2C2C(=O)C3=CCC(=O)N3C2=C1. The van der Waals surface area contributed by atoms with Gasteiger partial charge in [-0.2, -0.15) is 0 Å². The van der Waals surface area contributed by atoms with Crippen molar-refractivity contribution in [2.45, 2.75) is 6.42 Å². The van der Waals surface area contributed by atoms with Crippen molar-refractivity contribution in [1.29, 1.82) is 0 Å². The van der Waals surface area contributed by atoms with Crippen molar-refractivity contribution in [3.8, 4) is 0 Å². The maximum Gasteiger partial charge on any atom is 0.409 e. The van der Waals surface area contributed by atoms with E-state index in [1.807, 2.05) is 0 Å². The van der Waals surface area contributed by atoms with Gasteiger partial charge in [-0.3, -0.25) is 19.8 Å². The molecule has 19 heavy (non-hydrogen) atoms. The van der Waals surface area contributed by atoms with Gasteiger partial charge >= 0.3 is 6.09 Å². The van der Waals surface area contributed by atoms with Gasteiger partial charge in [0.15, 0.2) is 5.78 Å². The minimum absolute atomic E-state index is 0.0762. The number of fused-ring (bicyclic) bond motifs is 5. The van der Waals surface area contributed by atoms with E-state index < -0.39 is 12.0 Å². The molecule has 4 rings (SSSR count). The topological polar surface area (TPSA) is 86.7 Å². The van der Waals surface area contributed by atoms with Gasteiger partial charge in [0.05, 0.1) is 17.3 Å². The van der Waals surface area contributed by atoms with Crippen LogP contribution in [0.1, 0.15) is 6.42 Å². The Labute approximate surface area is 107 Å². The predicted molar refractivity (Wildman–Crippen MR) is 62.4 cm³/mol. The molecule has 0 aromatic carbocycles. The summed E-state index contributed by atoms with van der Waals surface area (Å²) in [6.07, 6.45) is 4.07. The van der Waals surface area contributed by atoms with E-state index in [1.165, 1.54) is 4.90 Å². The van der Waals surface area contributed by atoms with Crippen LogP contribution < -0.4 is 5.32 Å². The number of nitrogens with zero attached hydrogens (tertiary/aromatic N) is 1. The smallest absolute Gasteiger partial charge is 0.409 e. The first-order valence-corrected chi connectivity index (χ1v) is 5.83. The molecule has 1 unspecified atom stereocenters. The van der Waals surface area contributed by atoms with Crippen molar-refractivity contribution in [2.75, 3.05) is 0 Å². The minimum atomic E-state index is -1.16. The fourth-order valence-electron chi connectivity index (χ4n) is 2.89. The maximum atomic E-state index is 12.2. The third-order valence-electron chi connectivity index (χ3n) is 3.69. The average Bonchev–Trinajstić information content (AvgIpc) is 2.97. The number of carbonyl (C=O) groups excluding carboxylic acids is 2. The first-order valence-electron chi connectivity index (χ1n) is 5.83. The second kappa shape index (κ2) is 3.03. The molecule has 1 atom stereocenters. The van der Waals surface area contributed by atoms with Crippen molar-refractivity contribution >= 4 is 17.8 Å². The molecule has 4 aliphatic rings. The van der Waals surface area contributed by atoms with Gasteiger partial charge < -0.3 is 5.11 Å². The molecule has 2 N–H and O–H groups in total. The summed E-state index contributed by atoms with van der Waals surface area (Å²) in [5.74, 6) is -0.644. The molecule has 0 aromatic heterocycles. The van der Waals surface area contributed by atoms with Gasteiger partial charge in [0, 0.05) is 17.7 Å². The molecule has 0 aromatic rings. The Morgan fingerprint density at radius 3 is 2.89 bits per heavy atom. The number of hydrogen-bond donors (Lipinski definition) is 2. The predicted octanol–water partition coefficient (Wildman–Crippen LogP) is 0.661. The monoisotopic (exact) mass is 256 g/mol. The number of nitrogens with one attached hydrogen (secondary N) is 1. The molecule has 2 aliphatic carbocycles. The zero-order chi connectivity index (χ0) is 13.3. The normalized spacial score (nSPS) is 26.4.